The lowest BCUT2D eigenvalue weighted by Crippen LogP contribution is -2.44. The summed E-state index contributed by atoms with van der Waals surface area (Å²) in [4.78, 5) is 7.17. The fourth-order valence-electron chi connectivity index (χ4n) is 3.23. The number of morpholine rings is 1. The summed E-state index contributed by atoms with van der Waals surface area (Å²) < 4.78 is 5.81. The van der Waals surface area contributed by atoms with E-state index in [9.17, 15) is 0 Å². The molecule has 1 saturated heterocycles. The predicted octanol–water partition coefficient (Wildman–Crippen LogP) is 3.62. The summed E-state index contributed by atoms with van der Waals surface area (Å²) in [5, 5.41) is 6.69. The van der Waals surface area contributed by atoms with Crippen molar-refractivity contribution < 1.29 is 4.74 Å². The Morgan fingerprint density at radius 3 is 2.26 bits per heavy atom. The molecule has 0 bridgehead atoms. The molecule has 0 spiro atoms. The number of guanidine groups is 1. The Hall–Kier alpha value is -0.860. The molecule has 0 amide bonds. The van der Waals surface area contributed by atoms with E-state index in [4.69, 9.17) is 4.74 Å². The molecule has 1 aromatic carbocycles. The second kappa shape index (κ2) is 12.6. The SMILES string of the molecule is CCNC(=NCc1ccc(CN2CC(C)OC(C)C2)cc1)NCC(C)C.I. The van der Waals surface area contributed by atoms with Gasteiger partial charge in [0.1, 0.15) is 0 Å². The van der Waals surface area contributed by atoms with E-state index in [0.29, 0.717) is 24.7 Å². The number of ether oxygens (including phenoxy) is 1. The van der Waals surface area contributed by atoms with Crippen molar-refractivity contribution in [1.82, 2.24) is 15.5 Å². The molecule has 2 N–H and O–H groups in total. The zero-order valence-electron chi connectivity index (χ0n) is 17.5. The fourth-order valence-corrected chi connectivity index (χ4v) is 3.23. The lowest BCUT2D eigenvalue weighted by atomic mass is 10.1. The highest BCUT2D eigenvalue weighted by Gasteiger charge is 2.21. The lowest BCUT2D eigenvalue weighted by molar-refractivity contribution is -0.0704. The van der Waals surface area contributed by atoms with Crippen molar-refractivity contribution in [3.8, 4) is 0 Å². The molecule has 1 aromatic rings. The van der Waals surface area contributed by atoms with Gasteiger partial charge in [-0.05, 0) is 37.8 Å². The summed E-state index contributed by atoms with van der Waals surface area (Å²) in [6.07, 6.45) is 0.630. The average molecular weight is 488 g/mol. The van der Waals surface area contributed by atoms with E-state index in [2.05, 4.69) is 79.4 Å². The molecule has 1 aliphatic rings. The molecular weight excluding hydrogens is 451 g/mol. The van der Waals surface area contributed by atoms with Crippen LogP contribution in [-0.2, 0) is 17.8 Å². The first-order valence-corrected chi connectivity index (χ1v) is 9.94. The van der Waals surface area contributed by atoms with Gasteiger partial charge >= 0.3 is 0 Å². The maximum absolute atomic E-state index is 5.81. The summed E-state index contributed by atoms with van der Waals surface area (Å²) in [6, 6.07) is 8.84. The van der Waals surface area contributed by atoms with Crippen molar-refractivity contribution in [1.29, 1.82) is 0 Å². The molecule has 0 aliphatic carbocycles. The number of rotatable bonds is 7. The summed E-state index contributed by atoms with van der Waals surface area (Å²) in [5.41, 5.74) is 2.59. The van der Waals surface area contributed by atoms with Crippen LogP contribution >= 0.6 is 24.0 Å². The number of nitrogens with one attached hydrogen (secondary N) is 2. The van der Waals surface area contributed by atoms with E-state index in [1.54, 1.807) is 0 Å². The van der Waals surface area contributed by atoms with Gasteiger partial charge in [0.05, 0.1) is 18.8 Å². The third-order valence-electron chi connectivity index (χ3n) is 4.37. The standard InChI is InChI=1S/C21H36N4O.HI/c1-6-22-21(23-11-16(2)3)24-12-19-7-9-20(10-8-19)15-25-13-17(4)26-18(5)14-25;/h7-10,16-18H,6,11-15H2,1-5H3,(H2,22,23,24);1H. The van der Waals surface area contributed by atoms with Crippen LogP contribution in [0, 0.1) is 5.92 Å². The zero-order chi connectivity index (χ0) is 18.9. The molecule has 2 atom stereocenters. The van der Waals surface area contributed by atoms with Gasteiger partial charge in [0.25, 0.3) is 0 Å². The zero-order valence-corrected chi connectivity index (χ0v) is 19.8. The molecule has 0 radical (unpaired) electrons. The summed E-state index contributed by atoms with van der Waals surface area (Å²) in [6.45, 7) is 16.3. The van der Waals surface area contributed by atoms with E-state index >= 15 is 0 Å². The van der Waals surface area contributed by atoms with Crippen molar-refractivity contribution in [2.24, 2.45) is 10.9 Å². The third kappa shape index (κ3) is 9.25. The fraction of sp³-hybridized carbons (Fsp3) is 0.667. The Kier molecular flexibility index (Phi) is 11.3. The Balaban J connectivity index is 0.00000364. The molecular formula is C21H37IN4O. The van der Waals surface area contributed by atoms with Gasteiger partial charge in [-0.15, -0.1) is 24.0 Å². The monoisotopic (exact) mass is 488 g/mol. The maximum Gasteiger partial charge on any atom is 0.191 e. The molecule has 0 aromatic heterocycles. The van der Waals surface area contributed by atoms with Gasteiger partial charge in [-0.1, -0.05) is 38.1 Å². The van der Waals surface area contributed by atoms with Crippen LogP contribution in [0.1, 0.15) is 45.7 Å². The molecule has 1 heterocycles. The molecule has 5 nitrogen and oxygen atoms in total. The minimum absolute atomic E-state index is 0. The minimum atomic E-state index is 0. The van der Waals surface area contributed by atoms with E-state index in [0.717, 1.165) is 38.7 Å². The Bertz CT molecular complexity index is 552. The maximum atomic E-state index is 5.81. The summed E-state index contributed by atoms with van der Waals surface area (Å²) >= 11 is 0. The topological polar surface area (TPSA) is 48.9 Å². The Morgan fingerprint density at radius 2 is 1.70 bits per heavy atom. The number of halogens is 1. The molecule has 6 heteroatoms. The average Bonchev–Trinajstić information content (AvgIpc) is 2.57. The first kappa shape index (κ1) is 24.2. The molecule has 2 unspecified atom stereocenters. The number of hydrogen-bond acceptors (Lipinski definition) is 3. The van der Waals surface area contributed by atoms with Crippen LogP contribution in [0.4, 0.5) is 0 Å². The smallest absolute Gasteiger partial charge is 0.191 e. The first-order valence-electron chi connectivity index (χ1n) is 9.94. The highest BCUT2D eigenvalue weighted by molar-refractivity contribution is 14.0. The Morgan fingerprint density at radius 1 is 1.11 bits per heavy atom. The van der Waals surface area contributed by atoms with Crippen molar-refractivity contribution >= 4 is 29.9 Å². The largest absolute Gasteiger partial charge is 0.373 e. The molecule has 0 saturated carbocycles. The molecule has 154 valence electrons. The molecule has 1 aliphatic heterocycles. The Labute approximate surface area is 182 Å². The third-order valence-corrected chi connectivity index (χ3v) is 4.37. The number of aliphatic imine (C=N–C) groups is 1. The highest BCUT2D eigenvalue weighted by atomic mass is 127. The quantitative estimate of drug-likeness (QED) is 0.350. The number of nitrogens with zero attached hydrogens (tertiary/aromatic N) is 2. The van der Waals surface area contributed by atoms with Gasteiger partial charge in [-0.3, -0.25) is 4.90 Å². The van der Waals surface area contributed by atoms with Crippen LogP contribution in [0.5, 0.6) is 0 Å². The number of benzene rings is 1. The van der Waals surface area contributed by atoms with Gasteiger partial charge in [0, 0.05) is 32.7 Å². The van der Waals surface area contributed by atoms with E-state index in [1.807, 2.05) is 0 Å². The van der Waals surface area contributed by atoms with Crippen molar-refractivity contribution in [2.75, 3.05) is 26.2 Å². The van der Waals surface area contributed by atoms with Crippen molar-refractivity contribution in [3.05, 3.63) is 35.4 Å². The molecule has 2 rings (SSSR count). The second-order valence-electron chi connectivity index (χ2n) is 7.74. The van der Waals surface area contributed by atoms with Gasteiger partial charge in [0.2, 0.25) is 0 Å². The van der Waals surface area contributed by atoms with Crippen LogP contribution in [0.3, 0.4) is 0 Å². The van der Waals surface area contributed by atoms with Crippen LogP contribution in [0.25, 0.3) is 0 Å². The van der Waals surface area contributed by atoms with Crippen LogP contribution in [-0.4, -0.2) is 49.2 Å². The van der Waals surface area contributed by atoms with Gasteiger partial charge < -0.3 is 15.4 Å². The number of hydrogen-bond donors (Lipinski definition) is 2. The predicted molar refractivity (Wildman–Crippen MR) is 125 cm³/mol. The van der Waals surface area contributed by atoms with Crippen LogP contribution < -0.4 is 10.6 Å². The molecule has 1 fully saturated rings. The summed E-state index contributed by atoms with van der Waals surface area (Å²) in [5.74, 6) is 1.49. The van der Waals surface area contributed by atoms with Crippen LogP contribution in [0.2, 0.25) is 0 Å². The first-order chi connectivity index (χ1) is 12.5. The molecule has 27 heavy (non-hydrogen) atoms. The van der Waals surface area contributed by atoms with Crippen LogP contribution in [0.15, 0.2) is 29.3 Å². The van der Waals surface area contributed by atoms with Gasteiger partial charge in [-0.25, -0.2) is 4.99 Å². The normalized spacial score (nSPS) is 21.0. The van der Waals surface area contributed by atoms with Gasteiger partial charge in [-0.2, -0.15) is 0 Å². The summed E-state index contributed by atoms with van der Waals surface area (Å²) in [7, 11) is 0. The van der Waals surface area contributed by atoms with Crippen molar-refractivity contribution in [3.63, 3.8) is 0 Å². The van der Waals surface area contributed by atoms with Gasteiger partial charge in [0.15, 0.2) is 5.96 Å². The van der Waals surface area contributed by atoms with E-state index in [-0.39, 0.29) is 24.0 Å². The van der Waals surface area contributed by atoms with E-state index in [1.165, 1.54) is 11.1 Å². The lowest BCUT2D eigenvalue weighted by Gasteiger charge is -2.35. The minimum Gasteiger partial charge on any atom is -0.373 e. The van der Waals surface area contributed by atoms with E-state index < -0.39 is 0 Å². The second-order valence-corrected chi connectivity index (χ2v) is 7.74. The van der Waals surface area contributed by atoms with Crippen molar-refractivity contribution in [2.45, 2.75) is 59.9 Å². The highest BCUT2D eigenvalue weighted by Crippen LogP contribution is 2.15.